The lowest BCUT2D eigenvalue weighted by atomic mass is 10.00. The van der Waals surface area contributed by atoms with Gasteiger partial charge in [0.2, 0.25) is 0 Å². The van der Waals surface area contributed by atoms with Crippen molar-refractivity contribution in [2.75, 3.05) is 24.5 Å². The second-order valence-electron chi connectivity index (χ2n) is 6.66. The van der Waals surface area contributed by atoms with E-state index in [1.54, 1.807) is 0 Å². The van der Waals surface area contributed by atoms with Gasteiger partial charge >= 0.3 is 0 Å². The normalized spacial score (nSPS) is 16.9. The second-order valence-corrected chi connectivity index (χ2v) is 7.72. The van der Waals surface area contributed by atoms with Gasteiger partial charge in [0, 0.05) is 24.5 Å². The molecule has 1 aromatic heterocycles. The molecule has 21 heavy (non-hydrogen) atoms. The van der Waals surface area contributed by atoms with Crippen molar-refractivity contribution in [1.29, 1.82) is 0 Å². The number of rotatable bonds is 7. The largest absolute Gasteiger partial charge is 0.348 e. The number of hydrogen-bond donors (Lipinski definition) is 1. The third-order valence-corrected chi connectivity index (χ3v) is 5.44. The summed E-state index contributed by atoms with van der Waals surface area (Å²) in [6, 6.07) is 0. The molecule has 120 valence electrons. The van der Waals surface area contributed by atoms with E-state index in [-0.39, 0.29) is 0 Å². The van der Waals surface area contributed by atoms with Gasteiger partial charge in [0.05, 0.1) is 5.69 Å². The van der Waals surface area contributed by atoms with Gasteiger partial charge in [-0.25, -0.2) is 4.98 Å². The Morgan fingerprint density at radius 2 is 2.05 bits per heavy atom. The number of anilines is 1. The summed E-state index contributed by atoms with van der Waals surface area (Å²) >= 11 is 1.91. The molecule has 1 aromatic rings. The highest BCUT2D eigenvalue weighted by molar-refractivity contribution is 7.15. The Balaban J connectivity index is 2.02. The molecule has 1 N–H and O–H groups in total. The Labute approximate surface area is 134 Å². The van der Waals surface area contributed by atoms with Gasteiger partial charge in [0.1, 0.15) is 0 Å². The molecule has 0 amide bonds. The Morgan fingerprint density at radius 1 is 1.33 bits per heavy atom. The van der Waals surface area contributed by atoms with E-state index in [1.165, 1.54) is 54.5 Å². The molecule has 0 aliphatic carbocycles. The van der Waals surface area contributed by atoms with Gasteiger partial charge in [0.25, 0.3) is 0 Å². The molecular weight excluding hydrogens is 278 g/mol. The van der Waals surface area contributed by atoms with Crippen LogP contribution in [0.4, 0.5) is 5.13 Å². The van der Waals surface area contributed by atoms with E-state index in [0.717, 1.165) is 19.0 Å². The molecule has 0 atom stereocenters. The zero-order valence-corrected chi connectivity index (χ0v) is 14.9. The van der Waals surface area contributed by atoms with E-state index in [2.05, 4.69) is 37.9 Å². The Bertz CT molecular complexity index is 420. The van der Waals surface area contributed by atoms with E-state index in [9.17, 15) is 0 Å². The molecule has 0 saturated carbocycles. The number of nitrogens with zero attached hydrogens (tertiary/aromatic N) is 2. The van der Waals surface area contributed by atoms with Crippen LogP contribution in [0.3, 0.4) is 0 Å². The number of unbranched alkanes of at least 4 members (excludes halogenated alkanes) is 1. The van der Waals surface area contributed by atoms with Gasteiger partial charge in [-0.1, -0.05) is 34.1 Å². The molecule has 2 rings (SSSR count). The lowest BCUT2D eigenvalue weighted by Crippen LogP contribution is -2.32. The van der Waals surface area contributed by atoms with Crippen molar-refractivity contribution in [3.8, 4) is 0 Å². The third-order valence-electron chi connectivity index (χ3n) is 4.31. The highest BCUT2D eigenvalue weighted by atomic mass is 32.1. The van der Waals surface area contributed by atoms with Crippen LogP contribution in [0.2, 0.25) is 0 Å². The molecule has 0 spiro atoms. The Hall–Kier alpha value is -0.610. The fraction of sp³-hybridized carbons (Fsp3) is 0.824. The monoisotopic (exact) mass is 309 g/mol. The lowest BCUT2D eigenvalue weighted by Gasteiger charge is -2.29. The fourth-order valence-electron chi connectivity index (χ4n) is 2.77. The summed E-state index contributed by atoms with van der Waals surface area (Å²) in [6.45, 7) is 13.6. The minimum Gasteiger partial charge on any atom is -0.348 e. The van der Waals surface area contributed by atoms with Crippen molar-refractivity contribution in [2.45, 2.75) is 65.8 Å². The highest BCUT2D eigenvalue weighted by Gasteiger charge is 2.21. The van der Waals surface area contributed by atoms with E-state index < -0.39 is 0 Å². The molecule has 3 nitrogen and oxygen atoms in total. The van der Waals surface area contributed by atoms with Gasteiger partial charge in [-0.3, -0.25) is 0 Å². The van der Waals surface area contributed by atoms with Gasteiger partial charge in [-0.15, -0.1) is 11.3 Å². The Kier molecular flexibility index (Phi) is 6.49. The number of nitrogens with one attached hydrogen (secondary N) is 1. The quantitative estimate of drug-likeness (QED) is 0.757. The van der Waals surface area contributed by atoms with E-state index in [0.29, 0.717) is 5.92 Å². The molecule has 0 radical (unpaired) electrons. The highest BCUT2D eigenvalue weighted by Crippen LogP contribution is 2.32. The summed E-state index contributed by atoms with van der Waals surface area (Å²) < 4.78 is 0. The summed E-state index contributed by atoms with van der Waals surface area (Å²) in [5.41, 5.74) is 1.30. The van der Waals surface area contributed by atoms with Gasteiger partial charge in [-0.05, 0) is 37.6 Å². The van der Waals surface area contributed by atoms with Crippen LogP contribution in [0.5, 0.6) is 0 Å². The first-order valence-electron chi connectivity index (χ1n) is 8.57. The first-order chi connectivity index (χ1) is 10.1. The Morgan fingerprint density at radius 3 is 2.67 bits per heavy atom. The summed E-state index contributed by atoms with van der Waals surface area (Å²) in [5, 5.41) is 4.82. The molecule has 1 aliphatic rings. The number of piperidine rings is 1. The average Bonchev–Trinajstić information content (AvgIpc) is 2.89. The first kappa shape index (κ1) is 16.8. The first-order valence-corrected chi connectivity index (χ1v) is 9.38. The van der Waals surface area contributed by atoms with Crippen LogP contribution in [0.25, 0.3) is 0 Å². The van der Waals surface area contributed by atoms with Gasteiger partial charge in [-0.2, -0.15) is 0 Å². The zero-order valence-electron chi connectivity index (χ0n) is 14.1. The maximum absolute atomic E-state index is 4.96. The maximum Gasteiger partial charge on any atom is 0.185 e. The second kappa shape index (κ2) is 8.14. The third kappa shape index (κ3) is 4.68. The molecule has 0 unspecified atom stereocenters. The maximum atomic E-state index is 4.96. The predicted octanol–water partition coefficient (Wildman–Crippen LogP) is 4.39. The van der Waals surface area contributed by atoms with Crippen LogP contribution in [0.15, 0.2) is 0 Å². The lowest BCUT2D eigenvalue weighted by molar-refractivity contribution is 0.438. The van der Waals surface area contributed by atoms with Crippen molar-refractivity contribution in [1.82, 2.24) is 10.3 Å². The summed E-state index contributed by atoms with van der Waals surface area (Å²) in [6.07, 6.45) is 5.12. The van der Waals surface area contributed by atoms with E-state index in [4.69, 9.17) is 4.98 Å². The predicted molar refractivity (Wildman–Crippen MR) is 93.4 cm³/mol. The van der Waals surface area contributed by atoms with Gasteiger partial charge < -0.3 is 10.2 Å². The van der Waals surface area contributed by atoms with E-state index in [1.807, 2.05) is 11.3 Å². The summed E-state index contributed by atoms with van der Waals surface area (Å²) in [5.74, 6) is 1.39. The fourth-order valence-corrected chi connectivity index (χ4v) is 4.00. The van der Waals surface area contributed by atoms with Crippen LogP contribution in [-0.4, -0.2) is 24.6 Å². The van der Waals surface area contributed by atoms with Crippen molar-refractivity contribution < 1.29 is 0 Å². The smallest absolute Gasteiger partial charge is 0.185 e. The van der Waals surface area contributed by atoms with Gasteiger partial charge in [0.15, 0.2) is 5.13 Å². The minimum atomic E-state index is 0.515. The van der Waals surface area contributed by atoms with Crippen LogP contribution in [-0.2, 0) is 6.54 Å². The van der Waals surface area contributed by atoms with Crippen molar-refractivity contribution in [2.24, 2.45) is 5.92 Å². The topological polar surface area (TPSA) is 28.2 Å². The SMILES string of the molecule is CCCCNCc1sc(N2CCC(C)CC2)nc1C(C)C. The molecule has 4 heteroatoms. The molecule has 1 fully saturated rings. The minimum absolute atomic E-state index is 0.515. The van der Waals surface area contributed by atoms with Crippen molar-refractivity contribution in [3.05, 3.63) is 10.6 Å². The zero-order chi connectivity index (χ0) is 15.2. The van der Waals surface area contributed by atoms with Crippen molar-refractivity contribution >= 4 is 16.5 Å². The van der Waals surface area contributed by atoms with Crippen LogP contribution >= 0.6 is 11.3 Å². The molecule has 0 aromatic carbocycles. The van der Waals surface area contributed by atoms with Crippen molar-refractivity contribution in [3.63, 3.8) is 0 Å². The molecule has 2 heterocycles. The number of thiazole rings is 1. The van der Waals surface area contributed by atoms with E-state index >= 15 is 0 Å². The molecule has 1 aliphatic heterocycles. The summed E-state index contributed by atoms with van der Waals surface area (Å²) in [7, 11) is 0. The summed E-state index contributed by atoms with van der Waals surface area (Å²) in [4.78, 5) is 8.89. The molecule has 0 bridgehead atoms. The molecule has 1 saturated heterocycles. The average molecular weight is 310 g/mol. The standard InChI is InChI=1S/C17H31N3S/c1-5-6-9-18-12-15-16(13(2)3)19-17(21-15)20-10-7-14(4)8-11-20/h13-14,18H,5-12H2,1-4H3. The van der Waals surface area contributed by atoms with Crippen LogP contribution in [0.1, 0.15) is 69.9 Å². The van der Waals surface area contributed by atoms with Crippen LogP contribution < -0.4 is 10.2 Å². The number of hydrogen-bond acceptors (Lipinski definition) is 4. The number of aromatic nitrogens is 1. The molecular formula is C17H31N3S. The van der Waals surface area contributed by atoms with Crippen LogP contribution in [0, 0.1) is 5.92 Å².